The SMILES string of the molecule is CSC1CC2CCC(C1)N2C(=O)CCCc1ccccc1. The lowest BCUT2D eigenvalue weighted by molar-refractivity contribution is -0.135. The molecule has 2 aliphatic heterocycles. The highest BCUT2D eigenvalue weighted by molar-refractivity contribution is 7.99. The van der Waals surface area contributed by atoms with Gasteiger partial charge in [-0.05, 0) is 50.3 Å². The summed E-state index contributed by atoms with van der Waals surface area (Å²) < 4.78 is 0. The van der Waals surface area contributed by atoms with E-state index in [2.05, 4.69) is 35.4 Å². The molecule has 0 aliphatic carbocycles. The summed E-state index contributed by atoms with van der Waals surface area (Å²) in [6.07, 6.45) is 9.80. The second-order valence-corrected chi connectivity index (χ2v) is 7.49. The first-order valence-electron chi connectivity index (χ1n) is 8.16. The molecule has 1 aromatic rings. The summed E-state index contributed by atoms with van der Waals surface area (Å²) in [6, 6.07) is 11.6. The first kappa shape index (κ1) is 15.0. The maximum Gasteiger partial charge on any atom is 0.223 e. The van der Waals surface area contributed by atoms with Gasteiger partial charge < -0.3 is 4.90 Å². The number of carbonyl (C=O) groups excluding carboxylic acids is 1. The van der Waals surface area contributed by atoms with Crippen LogP contribution in [0.3, 0.4) is 0 Å². The van der Waals surface area contributed by atoms with Gasteiger partial charge in [-0.1, -0.05) is 30.3 Å². The van der Waals surface area contributed by atoms with Crippen LogP contribution in [0.5, 0.6) is 0 Å². The Morgan fingerprint density at radius 1 is 1.19 bits per heavy atom. The van der Waals surface area contributed by atoms with Gasteiger partial charge in [-0.2, -0.15) is 11.8 Å². The molecular weight excluding hydrogens is 278 g/mol. The zero-order valence-electron chi connectivity index (χ0n) is 12.8. The fraction of sp³-hybridized carbons (Fsp3) is 0.611. The molecule has 0 spiro atoms. The summed E-state index contributed by atoms with van der Waals surface area (Å²) in [7, 11) is 0. The van der Waals surface area contributed by atoms with E-state index in [0.29, 0.717) is 24.4 Å². The second kappa shape index (κ2) is 6.87. The predicted molar refractivity (Wildman–Crippen MR) is 89.6 cm³/mol. The predicted octanol–water partition coefficient (Wildman–Crippen LogP) is 3.89. The van der Waals surface area contributed by atoms with Crippen LogP contribution in [0.1, 0.15) is 44.1 Å². The number of rotatable bonds is 5. The van der Waals surface area contributed by atoms with E-state index in [-0.39, 0.29) is 0 Å². The third-order valence-corrected chi connectivity index (χ3v) is 6.06. The van der Waals surface area contributed by atoms with Crippen LogP contribution in [0.4, 0.5) is 0 Å². The highest BCUT2D eigenvalue weighted by Crippen LogP contribution is 2.39. The van der Waals surface area contributed by atoms with Crippen molar-refractivity contribution in [3.63, 3.8) is 0 Å². The molecule has 2 heterocycles. The van der Waals surface area contributed by atoms with Gasteiger partial charge in [0.2, 0.25) is 5.91 Å². The minimum Gasteiger partial charge on any atom is -0.337 e. The molecule has 2 unspecified atom stereocenters. The lowest BCUT2D eigenvalue weighted by atomic mass is 10.0. The molecule has 2 atom stereocenters. The molecule has 3 rings (SSSR count). The van der Waals surface area contributed by atoms with Gasteiger partial charge in [-0.15, -0.1) is 0 Å². The van der Waals surface area contributed by atoms with Gasteiger partial charge >= 0.3 is 0 Å². The third kappa shape index (κ3) is 3.45. The van der Waals surface area contributed by atoms with Crippen molar-refractivity contribution < 1.29 is 4.79 Å². The molecule has 0 aromatic heterocycles. The van der Waals surface area contributed by atoms with Gasteiger partial charge in [0.05, 0.1) is 0 Å². The Hall–Kier alpha value is -0.960. The van der Waals surface area contributed by atoms with Crippen molar-refractivity contribution in [2.24, 2.45) is 0 Å². The number of hydrogen-bond acceptors (Lipinski definition) is 2. The summed E-state index contributed by atoms with van der Waals surface area (Å²) in [5.41, 5.74) is 1.34. The van der Waals surface area contributed by atoms with Crippen molar-refractivity contribution in [1.82, 2.24) is 4.90 Å². The molecule has 0 N–H and O–H groups in total. The van der Waals surface area contributed by atoms with Crippen molar-refractivity contribution in [3.05, 3.63) is 35.9 Å². The van der Waals surface area contributed by atoms with Crippen LogP contribution < -0.4 is 0 Å². The molecule has 2 bridgehead atoms. The van der Waals surface area contributed by atoms with Gasteiger partial charge in [0.15, 0.2) is 0 Å². The minimum absolute atomic E-state index is 0.401. The lowest BCUT2D eigenvalue weighted by Crippen LogP contribution is -2.47. The molecule has 2 saturated heterocycles. The molecule has 0 saturated carbocycles. The Labute approximate surface area is 132 Å². The van der Waals surface area contributed by atoms with Crippen molar-refractivity contribution in [2.45, 2.75) is 62.3 Å². The van der Waals surface area contributed by atoms with Crippen molar-refractivity contribution in [1.29, 1.82) is 0 Å². The molecule has 2 fully saturated rings. The zero-order chi connectivity index (χ0) is 14.7. The number of thioether (sulfide) groups is 1. The Bertz CT molecular complexity index is 461. The zero-order valence-corrected chi connectivity index (χ0v) is 13.6. The Balaban J connectivity index is 1.50. The van der Waals surface area contributed by atoms with E-state index in [9.17, 15) is 4.79 Å². The van der Waals surface area contributed by atoms with Gasteiger partial charge in [0, 0.05) is 23.8 Å². The Morgan fingerprint density at radius 2 is 1.86 bits per heavy atom. The molecule has 21 heavy (non-hydrogen) atoms. The van der Waals surface area contributed by atoms with Crippen LogP contribution in [-0.2, 0) is 11.2 Å². The fourth-order valence-electron chi connectivity index (χ4n) is 3.94. The number of benzene rings is 1. The molecule has 3 heteroatoms. The average molecular weight is 303 g/mol. The minimum atomic E-state index is 0.401. The van der Waals surface area contributed by atoms with Crippen LogP contribution >= 0.6 is 11.8 Å². The molecule has 0 radical (unpaired) electrons. The first-order chi connectivity index (χ1) is 10.3. The summed E-state index contributed by atoms with van der Waals surface area (Å²) in [5, 5.41) is 0.774. The third-order valence-electron chi connectivity index (χ3n) is 5.01. The molecular formula is C18H25NOS. The standard InChI is InChI=1S/C18H25NOS/c1-21-17-12-15-10-11-16(13-17)19(15)18(20)9-5-8-14-6-3-2-4-7-14/h2-4,6-7,15-17H,5,8-13H2,1H3. The van der Waals surface area contributed by atoms with Crippen LogP contribution in [0, 0.1) is 0 Å². The molecule has 2 aliphatic rings. The van der Waals surface area contributed by atoms with Crippen molar-refractivity contribution in [2.75, 3.05) is 6.26 Å². The number of amides is 1. The normalized spacial score (nSPS) is 27.9. The Morgan fingerprint density at radius 3 is 2.48 bits per heavy atom. The van der Waals surface area contributed by atoms with Crippen LogP contribution in [0.25, 0.3) is 0 Å². The van der Waals surface area contributed by atoms with E-state index >= 15 is 0 Å². The number of fused-ring (bicyclic) bond motifs is 2. The van der Waals surface area contributed by atoms with E-state index in [4.69, 9.17) is 0 Å². The first-order valence-corrected chi connectivity index (χ1v) is 9.44. The smallest absolute Gasteiger partial charge is 0.223 e. The van der Waals surface area contributed by atoms with Crippen LogP contribution in [-0.4, -0.2) is 34.4 Å². The summed E-state index contributed by atoms with van der Waals surface area (Å²) >= 11 is 1.98. The molecule has 1 aromatic carbocycles. The van der Waals surface area contributed by atoms with Crippen molar-refractivity contribution >= 4 is 17.7 Å². The monoisotopic (exact) mass is 303 g/mol. The van der Waals surface area contributed by atoms with Crippen LogP contribution in [0.2, 0.25) is 0 Å². The number of carbonyl (C=O) groups is 1. The summed E-state index contributed by atoms with van der Waals surface area (Å²) in [6.45, 7) is 0. The van der Waals surface area contributed by atoms with Gasteiger partial charge in [0.1, 0.15) is 0 Å². The molecule has 2 nitrogen and oxygen atoms in total. The van der Waals surface area contributed by atoms with E-state index in [1.165, 1.54) is 31.2 Å². The van der Waals surface area contributed by atoms with E-state index < -0.39 is 0 Å². The lowest BCUT2D eigenvalue weighted by Gasteiger charge is -2.38. The van der Waals surface area contributed by atoms with Gasteiger partial charge in [-0.25, -0.2) is 0 Å². The Kier molecular flexibility index (Phi) is 4.89. The summed E-state index contributed by atoms with van der Waals surface area (Å²) in [4.78, 5) is 14.8. The maximum absolute atomic E-state index is 12.6. The number of hydrogen-bond donors (Lipinski definition) is 0. The average Bonchev–Trinajstić information content (AvgIpc) is 2.78. The molecule has 114 valence electrons. The maximum atomic E-state index is 12.6. The number of aryl methyl sites for hydroxylation is 1. The van der Waals surface area contributed by atoms with E-state index in [1.807, 2.05) is 17.8 Å². The quantitative estimate of drug-likeness (QED) is 0.822. The summed E-state index contributed by atoms with van der Waals surface area (Å²) in [5.74, 6) is 0.401. The highest BCUT2D eigenvalue weighted by Gasteiger charge is 2.42. The topological polar surface area (TPSA) is 20.3 Å². The van der Waals surface area contributed by atoms with Gasteiger partial charge in [-0.3, -0.25) is 4.79 Å². The number of piperidine rings is 1. The number of nitrogens with zero attached hydrogens (tertiary/aromatic N) is 1. The van der Waals surface area contributed by atoms with Crippen molar-refractivity contribution in [3.8, 4) is 0 Å². The van der Waals surface area contributed by atoms with Gasteiger partial charge in [0.25, 0.3) is 0 Å². The van der Waals surface area contributed by atoms with Crippen LogP contribution in [0.15, 0.2) is 30.3 Å². The second-order valence-electron chi connectivity index (χ2n) is 6.35. The highest BCUT2D eigenvalue weighted by atomic mass is 32.2. The molecule has 1 amide bonds. The fourth-order valence-corrected chi connectivity index (χ4v) is 4.77. The largest absolute Gasteiger partial charge is 0.337 e. The van der Waals surface area contributed by atoms with E-state index in [0.717, 1.165) is 18.1 Å². The van der Waals surface area contributed by atoms with E-state index in [1.54, 1.807) is 0 Å².